The van der Waals surface area contributed by atoms with Crippen LogP contribution >= 0.6 is 12.4 Å². The van der Waals surface area contributed by atoms with Crippen molar-refractivity contribution < 1.29 is 14.3 Å². The van der Waals surface area contributed by atoms with Crippen LogP contribution in [0, 0.1) is 0 Å². The molecule has 0 N–H and O–H groups in total. The summed E-state index contributed by atoms with van der Waals surface area (Å²) in [6.45, 7) is 1.08. The van der Waals surface area contributed by atoms with Gasteiger partial charge >= 0.3 is 5.97 Å². The second-order valence-electron chi connectivity index (χ2n) is 5.59. The number of esters is 1. The smallest absolute Gasteiger partial charge is 0.317 e. The van der Waals surface area contributed by atoms with Gasteiger partial charge in [0.15, 0.2) is 0 Å². The Balaban J connectivity index is 0.00000288. The van der Waals surface area contributed by atoms with Crippen LogP contribution in [-0.2, 0) is 9.53 Å². The number of carbonyl (C=O) groups is 1. The molecule has 0 heterocycles. The van der Waals surface area contributed by atoms with Gasteiger partial charge in [-0.1, -0.05) is 42.5 Å². The summed E-state index contributed by atoms with van der Waals surface area (Å²) in [5, 5.41) is 0. The lowest BCUT2D eigenvalue weighted by molar-refractivity contribution is -0.144. The van der Waals surface area contributed by atoms with E-state index in [1.165, 1.54) is 0 Å². The van der Waals surface area contributed by atoms with E-state index >= 15 is 0 Å². The standard InChI is InChI=1S/C19H23NO3.ClH/c1-20(2)13-14-23-19(21)18(15-7-5-4-6-8-15)16-9-11-17(22-3)12-10-16;/h4-12,18H,13-14H2,1-3H3;1H. The van der Waals surface area contributed by atoms with Crippen molar-refractivity contribution in [2.24, 2.45) is 0 Å². The molecule has 0 spiro atoms. The first kappa shape index (κ1) is 20.0. The van der Waals surface area contributed by atoms with Crippen LogP contribution in [0.15, 0.2) is 54.6 Å². The summed E-state index contributed by atoms with van der Waals surface area (Å²) in [4.78, 5) is 14.6. The van der Waals surface area contributed by atoms with E-state index in [2.05, 4.69) is 0 Å². The lowest BCUT2D eigenvalue weighted by atomic mass is 9.91. The third kappa shape index (κ3) is 5.55. The van der Waals surface area contributed by atoms with Crippen LogP contribution in [0.5, 0.6) is 5.75 Å². The van der Waals surface area contributed by atoms with E-state index in [0.29, 0.717) is 13.2 Å². The van der Waals surface area contributed by atoms with Crippen LogP contribution in [0.4, 0.5) is 0 Å². The molecule has 0 saturated carbocycles. The van der Waals surface area contributed by atoms with Gasteiger partial charge in [-0.2, -0.15) is 0 Å². The van der Waals surface area contributed by atoms with Gasteiger partial charge in [0.05, 0.1) is 7.11 Å². The van der Waals surface area contributed by atoms with Crippen molar-refractivity contribution in [1.29, 1.82) is 0 Å². The molecule has 0 radical (unpaired) electrons. The van der Waals surface area contributed by atoms with Crippen molar-refractivity contribution in [2.75, 3.05) is 34.4 Å². The minimum atomic E-state index is -0.427. The zero-order chi connectivity index (χ0) is 16.7. The van der Waals surface area contributed by atoms with Crippen molar-refractivity contribution in [1.82, 2.24) is 4.90 Å². The summed E-state index contributed by atoms with van der Waals surface area (Å²) in [5.41, 5.74) is 1.82. The Morgan fingerprint density at radius 1 is 1.00 bits per heavy atom. The second kappa shape index (κ2) is 9.96. The fourth-order valence-electron chi connectivity index (χ4n) is 2.32. The zero-order valence-corrected chi connectivity index (χ0v) is 15.1. The van der Waals surface area contributed by atoms with E-state index in [1.54, 1.807) is 7.11 Å². The molecule has 2 aromatic carbocycles. The molecule has 0 aliphatic rings. The number of hydrogen-bond donors (Lipinski definition) is 0. The predicted octanol–water partition coefficient (Wildman–Crippen LogP) is 3.35. The molecule has 0 saturated heterocycles. The van der Waals surface area contributed by atoms with E-state index in [9.17, 15) is 4.79 Å². The van der Waals surface area contributed by atoms with Crippen LogP contribution in [0.3, 0.4) is 0 Å². The molecule has 4 nitrogen and oxygen atoms in total. The van der Waals surface area contributed by atoms with E-state index in [1.807, 2.05) is 73.6 Å². The molecule has 0 aliphatic heterocycles. The second-order valence-corrected chi connectivity index (χ2v) is 5.59. The highest BCUT2D eigenvalue weighted by atomic mass is 35.5. The van der Waals surface area contributed by atoms with Crippen molar-refractivity contribution in [3.63, 3.8) is 0 Å². The van der Waals surface area contributed by atoms with Gasteiger partial charge < -0.3 is 14.4 Å². The summed E-state index contributed by atoms with van der Waals surface area (Å²) in [7, 11) is 5.52. The van der Waals surface area contributed by atoms with Gasteiger partial charge in [0.2, 0.25) is 0 Å². The highest BCUT2D eigenvalue weighted by Crippen LogP contribution is 2.27. The number of hydrogen-bond acceptors (Lipinski definition) is 4. The van der Waals surface area contributed by atoms with Gasteiger partial charge in [0.25, 0.3) is 0 Å². The molecule has 130 valence electrons. The predicted molar refractivity (Wildman–Crippen MR) is 98.0 cm³/mol. The van der Waals surface area contributed by atoms with Crippen LogP contribution in [-0.4, -0.2) is 45.2 Å². The zero-order valence-electron chi connectivity index (χ0n) is 14.3. The van der Waals surface area contributed by atoms with E-state index in [-0.39, 0.29) is 18.4 Å². The maximum absolute atomic E-state index is 12.6. The Morgan fingerprint density at radius 3 is 2.12 bits per heavy atom. The molecular weight excluding hydrogens is 326 g/mol. The number of ether oxygens (including phenoxy) is 2. The number of carbonyl (C=O) groups excluding carboxylic acids is 1. The Hall–Kier alpha value is -2.04. The van der Waals surface area contributed by atoms with E-state index in [0.717, 1.165) is 16.9 Å². The Kier molecular flexibility index (Phi) is 8.30. The maximum Gasteiger partial charge on any atom is 0.317 e. The van der Waals surface area contributed by atoms with Crippen LogP contribution in [0.2, 0.25) is 0 Å². The summed E-state index contributed by atoms with van der Waals surface area (Å²) in [6.07, 6.45) is 0. The molecule has 0 aliphatic carbocycles. The van der Waals surface area contributed by atoms with Crippen LogP contribution in [0.25, 0.3) is 0 Å². The first-order valence-electron chi connectivity index (χ1n) is 7.62. The molecule has 0 bridgehead atoms. The minimum absolute atomic E-state index is 0. The molecule has 1 atom stereocenters. The lowest BCUT2D eigenvalue weighted by Crippen LogP contribution is -2.23. The Bertz CT molecular complexity index is 614. The van der Waals surface area contributed by atoms with Gasteiger partial charge in [-0.15, -0.1) is 12.4 Å². The Labute approximate surface area is 149 Å². The molecule has 0 fully saturated rings. The number of halogens is 1. The minimum Gasteiger partial charge on any atom is -0.497 e. The van der Waals surface area contributed by atoms with Gasteiger partial charge in [-0.05, 0) is 37.4 Å². The third-order valence-electron chi connectivity index (χ3n) is 3.60. The largest absolute Gasteiger partial charge is 0.497 e. The summed E-state index contributed by atoms with van der Waals surface area (Å²) in [5.74, 6) is 0.106. The lowest BCUT2D eigenvalue weighted by Gasteiger charge is -2.18. The molecule has 0 amide bonds. The molecule has 24 heavy (non-hydrogen) atoms. The first-order valence-corrected chi connectivity index (χ1v) is 7.62. The topological polar surface area (TPSA) is 38.8 Å². The third-order valence-corrected chi connectivity index (χ3v) is 3.60. The molecular formula is C19H24ClNO3. The number of likely N-dealkylation sites (N-methyl/N-ethyl adjacent to an activating group) is 1. The van der Waals surface area contributed by atoms with Crippen LogP contribution in [0.1, 0.15) is 17.0 Å². The van der Waals surface area contributed by atoms with Gasteiger partial charge in [-0.3, -0.25) is 4.79 Å². The molecule has 2 rings (SSSR count). The van der Waals surface area contributed by atoms with Crippen molar-refractivity contribution in [3.8, 4) is 5.75 Å². The number of nitrogens with zero attached hydrogens (tertiary/aromatic N) is 1. The van der Waals surface area contributed by atoms with Gasteiger partial charge in [0, 0.05) is 6.54 Å². The number of rotatable bonds is 7. The van der Waals surface area contributed by atoms with Crippen molar-refractivity contribution >= 4 is 18.4 Å². The van der Waals surface area contributed by atoms with E-state index in [4.69, 9.17) is 9.47 Å². The van der Waals surface area contributed by atoms with Gasteiger partial charge in [-0.25, -0.2) is 0 Å². The fourth-order valence-corrected chi connectivity index (χ4v) is 2.32. The molecule has 5 heteroatoms. The summed E-state index contributed by atoms with van der Waals surface area (Å²) >= 11 is 0. The van der Waals surface area contributed by atoms with Gasteiger partial charge in [0.1, 0.15) is 18.3 Å². The summed E-state index contributed by atoms with van der Waals surface area (Å²) in [6, 6.07) is 17.2. The van der Waals surface area contributed by atoms with Crippen molar-refractivity contribution in [3.05, 3.63) is 65.7 Å². The molecule has 1 unspecified atom stereocenters. The fraction of sp³-hybridized carbons (Fsp3) is 0.316. The quantitative estimate of drug-likeness (QED) is 0.718. The highest BCUT2D eigenvalue weighted by molar-refractivity contribution is 5.85. The normalized spacial score (nSPS) is 11.5. The average molecular weight is 350 g/mol. The van der Waals surface area contributed by atoms with Crippen LogP contribution < -0.4 is 4.74 Å². The number of methoxy groups -OCH3 is 1. The number of benzene rings is 2. The maximum atomic E-state index is 12.6. The SMILES string of the molecule is COc1ccc(C(C(=O)OCCN(C)C)c2ccccc2)cc1.Cl. The van der Waals surface area contributed by atoms with E-state index < -0.39 is 5.92 Å². The highest BCUT2D eigenvalue weighted by Gasteiger charge is 2.24. The van der Waals surface area contributed by atoms with Crippen molar-refractivity contribution in [2.45, 2.75) is 5.92 Å². The monoisotopic (exact) mass is 349 g/mol. The average Bonchev–Trinajstić information content (AvgIpc) is 2.56. The molecule has 2 aromatic rings. The Morgan fingerprint density at radius 2 is 1.58 bits per heavy atom. The summed E-state index contributed by atoms with van der Waals surface area (Å²) < 4.78 is 10.7. The first-order chi connectivity index (χ1) is 11.1. The molecule has 0 aromatic heterocycles.